The largest absolute Gasteiger partial charge is 0.381 e. The van der Waals surface area contributed by atoms with Crippen LogP contribution in [0.5, 0.6) is 0 Å². The molecule has 0 spiro atoms. The van der Waals surface area contributed by atoms with E-state index in [2.05, 4.69) is 40.9 Å². The third-order valence-corrected chi connectivity index (χ3v) is 4.22. The van der Waals surface area contributed by atoms with Crippen molar-refractivity contribution in [2.75, 3.05) is 5.32 Å². The van der Waals surface area contributed by atoms with Crippen molar-refractivity contribution < 1.29 is 4.39 Å². The quantitative estimate of drug-likeness (QED) is 0.790. The summed E-state index contributed by atoms with van der Waals surface area (Å²) >= 11 is 2.32. The molecule has 0 radical (unpaired) electrons. The van der Waals surface area contributed by atoms with Gasteiger partial charge in [0.2, 0.25) is 0 Å². The zero-order valence-corrected chi connectivity index (χ0v) is 12.6. The zero-order valence-electron chi connectivity index (χ0n) is 10.4. The molecule has 0 aromatic heterocycles. The number of nitrogens with one attached hydrogen (secondary N) is 1. The van der Waals surface area contributed by atoms with E-state index in [0.717, 1.165) is 16.8 Å². The molecule has 3 heteroatoms. The molecule has 0 aliphatic carbocycles. The number of hydrogen-bond donors (Lipinski definition) is 1. The smallest absolute Gasteiger partial charge is 0.123 e. The van der Waals surface area contributed by atoms with Gasteiger partial charge in [0.05, 0.1) is 0 Å². The van der Waals surface area contributed by atoms with E-state index in [1.54, 1.807) is 6.07 Å². The predicted octanol–water partition coefficient (Wildman–Crippen LogP) is 4.66. The van der Waals surface area contributed by atoms with Gasteiger partial charge in [0.1, 0.15) is 5.82 Å². The molecule has 0 aliphatic heterocycles. The van der Waals surface area contributed by atoms with E-state index < -0.39 is 0 Å². The Bertz CT molecular complexity index is 564. The van der Waals surface area contributed by atoms with E-state index in [9.17, 15) is 4.39 Å². The van der Waals surface area contributed by atoms with Crippen LogP contribution in [0.15, 0.2) is 36.4 Å². The van der Waals surface area contributed by atoms with Crippen molar-refractivity contribution in [3.05, 3.63) is 62.5 Å². The fraction of sp³-hybridized carbons (Fsp3) is 0.200. The summed E-state index contributed by atoms with van der Waals surface area (Å²) in [5.74, 6) is -0.184. The van der Waals surface area contributed by atoms with E-state index >= 15 is 0 Å². The average Bonchev–Trinajstić information content (AvgIpc) is 2.35. The van der Waals surface area contributed by atoms with Gasteiger partial charge in [-0.25, -0.2) is 4.39 Å². The lowest BCUT2D eigenvalue weighted by Crippen LogP contribution is -2.03. The lowest BCUT2D eigenvalue weighted by Gasteiger charge is -2.12. The standard InChI is InChI=1S/C15H15FIN/c1-10-6-7-13(16)8-12(10)9-18-15-5-3-4-14(17)11(15)2/h3-8,18H,9H2,1-2H3. The molecular formula is C15H15FIN. The minimum atomic E-state index is -0.184. The summed E-state index contributed by atoms with van der Waals surface area (Å²) in [6.45, 7) is 4.73. The maximum absolute atomic E-state index is 13.2. The van der Waals surface area contributed by atoms with Crippen LogP contribution in [0.25, 0.3) is 0 Å². The molecule has 0 atom stereocenters. The Balaban J connectivity index is 2.16. The molecule has 0 saturated heterocycles. The highest BCUT2D eigenvalue weighted by molar-refractivity contribution is 14.1. The van der Waals surface area contributed by atoms with Crippen LogP contribution < -0.4 is 5.32 Å². The maximum atomic E-state index is 13.2. The van der Waals surface area contributed by atoms with Gasteiger partial charge >= 0.3 is 0 Å². The van der Waals surface area contributed by atoms with Crippen LogP contribution in [-0.2, 0) is 6.54 Å². The first kappa shape index (κ1) is 13.3. The topological polar surface area (TPSA) is 12.0 Å². The summed E-state index contributed by atoms with van der Waals surface area (Å²) in [7, 11) is 0. The third-order valence-electron chi connectivity index (χ3n) is 3.05. The number of aryl methyl sites for hydroxylation is 1. The number of halogens is 2. The van der Waals surface area contributed by atoms with E-state index in [4.69, 9.17) is 0 Å². The van der Waals surface area contributed by atoms with Crippen LogP contribution in [-0.4, -0.2) is 0 Å². The second-order valence-electron chi connectivity index (χ2n) is 4.34. The maximum Gasteiger partial charge on any atom is 0.123 e. The first-order chi connectivity index (χ1) is 8.58. The Kier molecular flexibility index (Phi) is 4.22. The summed E-state index contributed by atoms with van der Waals surface area (Å²) in [6.07, 6.45) is 0. The minimum absolute atomic E-state index is 0.184. The van der Waals surface area contributed by atoms with Gasteiger partial charge in [-0.3, -0.25) is 0 Å². The summed E-state index contributed by atoms with van der Waals surface area (Å²) in [4.78, 5) is 0. The lowest BCUT2D eigenvalue weighted by atomic mass is 10.1. The first-order valence-corrected chi connectivity index (χ1v) is 6.90. The Morgan fingerprint density at radius 3 is 2.72 bits per heavy atom. The Morgan fingerprint density at radius 1 is 1.17 bits per heavy atom. The van der Waals surface area contributed by atoms with Gasteiger partial charge in [-0.2, -0.15) is 0 Å². The average molecular weight is 355 g/mol. The van der Waals surface area contributed by atoms with E-state index in [-0.39, 0.29) is 5.82 Å². The van der Waals surface area contributed by atoms with Crippen LogP contribution in [0.3, 0.4) is 0 Å². The summed E-state index contributed by atoms with van der Waals surface area (Å²) < 4.78 is 14.4. The predicted molar refractivity (Wildman–Crippen MR) is 82.4 cm³/mol. The zero-order chi connectivity index (χ0) is 13.1. The van der Waals surface area contributed by atoms with Crippen LogP contribution >= 0.6 is 22.6 Å². The van der Waals surface area contributed by atoms with Gasteiger partial charge in [-0.05, 0) is 77.4 Å². The van der Waals surface area contributed by atoms with Crippen LogP contribution in [0.1, 0.15) is 16.7 Å². The van der Waals surface area contributed by atoms with Crippen molar-refractivity contribution in [2.45, 2.75) is 20.4 Å². The number of anilines is 1. The van der Waals surface area contributed by atoms with Gasteiger partial charge in [-0.15, -0.1) is 0 Å². The fourth-order valence-electron chi connectivity index (χ4n) is 1.82. The van der Waals surface area contributed by atoms with Crippen molar-refractivity contribution >= 4 is 28.3 Å². The Morgan fingerprint density at radius 2 is 1.94 bits per heavy atom. The molecule has 1 N–H and O–H groups in total. The second kappa shape index (κ2) is 5.69. The first-order valence-electron chi connectivity index (χ1n) is 5.82. The van der Waals surface area contributed by atoms with Crippen molar-refractivity contribution in [2.24, 2.45) is 0 Å². The summed E-state index contributed by atoms with van der Waals surface area (Å²) in [6, 6.07) is 11.0. The van der Waals surface area contributed by atoms with E-state index in [0.29, 0.717) is 6.54 Å². The molecule has 18 heavy (non-hydrogen) atoms. The summed E-state index contributed by atoms with van der Waals surface area (Å²) in [5.41, 5.74) is 4.43. The SMILES string of the molecule is Cc1ccc(F)cc1CNc1cccc(I)c1C. The molecule has 0 aliphatic rings. The highest BCUT2D eigenvalue weighted by Crippen LogP contribution is 2.21. The fourth-order valence-corrected chi connectivity index (χ4v) is 2.32. The molecule has 2 aromatic carbocycles. The highest BCUT2D eigenvalue weighted by Gasteiger charge is 2.03. The van der Waals surface area contributed by atoms with Gasteiger partial charge in [0.15, 0.2) is 0 Å². The molecule has 0 saturated carbocycles. The minimum Gasteiger partial charge on any atom is -0.381 e. The molecule has 0 fully saturated rings. The summed E-state index contributed by atoms with van der Waals surface area (Å²) in [5, 5.41) is 3.37. The number of rotatable bonds is 3. The van der Waals surface area contributed by atoms with Crippen molar-refractivity contribution in [1.29, 1.82) is 0 Å². The van der Waals surface area contributed by atoms with Gasteiger partial charge < -0.3 is 5.32 Å². The molecule has 2 aromatic rings. The molecule has 0 amide bonds. The second-order valence-corrected chi connectivity index (χ2v) is 5.50. The van der Waals surface area contributed by atoms with E-state index in [1.807, 2.05) is 25.1 Å². The lowest BCUT2D eigenvalue weighted by molar-refractivity contribution is 0.625. The molecular weight excluding hydrogens is 340 g/mol. The van der Waals surface area contributed by atoms with Crippen LogP contribution in [0, 0.1) is 23.2 Å². The normalized spacial score (nSPS) is 10.4. The number of benzene rings is 2. The number of hydrogen-bond acceptors (Lipinski definition) is 1. The molecule has 0 bridgehead atoms. The molecule has 0 heterocycles. The monoisotopic (exact) mass is 355 g/mol. The van der Waals surface area contributed by atoms with Crippen LogP contribution in [0.2, 0.25) is 0 Å². The van der Waals surface area contributed by atoms with Gasteiger partial charge in [-0.1, -0.05) is 12.1 Å². The van der Waals surface area contributed by atoms with Crippen molar-refractivity contribution in [1.82, 2.24) is 0 Å². The molecule has 1 nitrogen and oxygen atoms in total. The third kappa shape index (κ3) is 3.02. The highest BCUT2D eigenvalue weighted by atomic mass is 127. The molecule has 94 valence electrons. The Labute approximate surface area is 121 Å². The molecule has 0 unspecified atom stereocenters. The van der Waals surface area contributed by atoms with Crippen LogP contribution in [0.4, 0.5) is 10.1 Å². The molecule has 2 rings (SSSR count). The van der Waals surface area contributed by atoms with E-state index in [1.165, 1.54) is 15.2 Å². The van der Waals surface area contributed by atoms with Gasteiger partial charge in [0.25, 0.3) is 0 Å². The Hall–Kier alpha value is -1.10. The van der Waals surface area contributed by atoms with Crippen molar-refractivity contribution in [3.8, 4) is 0 Å². The van der Waals surface area contributed by atoms with Crippen molar-refractivity contribution in [3.63, 3.8) is 0 Å². The van der Waals surface area contributed by atoms with Gasteiger partial charge in [0, 0.05) is 15.8 Å².